The first-order chi connectivity index (χ1) is 6.19. The second-order valence-electron chi connectivity index (χ2n) is 2.62. The van der Waals surface area contributed by atoms with Crippen molar-refractivity contribution >= 4 is 27.5 Å². The number of methoxy groups -OCH3 is 1. The van der Waals surface area contributed by atoms with E-state index in [0.29, 0.717) is 11.6 Å². The van der Waals surface area contributed by atoms with E-state index in [1.807, 2.05) is 6.07 Å². The van der Waals surface area contributed by atoms with Crippen LogP contribution in [0.3, 0.4) is 0 Å². The van der Waals surface area contributed by atoms with E-state index >= 15 is 0 Å². The van der Waals surface area contributed by atoms with Crippen LogP contribution in [0.4, 0.5) is 0 Å². The van der Waals surface area contributed by atoms with Crippen LogP contribution in [0.5, 0.6) is 5.75 Å². The maximum atomic E-state index is 5.89. The quantitative estimate of drug-likeness (QED) is 0.911. The third-order valence-electron chi connectivity index (χ3n) is 1.71. The summed E-state index contributed by atoms with van der Waals surface area (Å²) < 4.78 is 6.08. The van der Waals surface area contributed by atoms with Gasteiger partial charge in [0.2, 0.25) is 0 Å². The standard InChI is InChI=1S/C9H11BrClNO/c1-13-8-5-7(11)4-6(2-3-12)9(8)10/h4-5H,2-3,12H2,1H3. The molecule has 0 radical (unpaired) electrons. The monoisotopic (exact) mass is 263 g/mol. The van der Waals surface area contributed by atoms with Crippen molar-refractivity contribution in [3.8, 4) is 5.75 Å². The highest BCUT2D eigenvalue weighted by Crippen LogP contribution is 2.32. The van der Waals surface area contributed by atoms with Gasteiger partial charge in [-0.1, -0.05) is 11.6 Å². The summed E-state index contributed by atoms with van der Waals surface area (Å²) in [6.07, 6.45) is 0.789. The predicted molar refractivity (Wildman–Crippen MR) is 58.5 cm³/mol. The number of benzene rings is 1. The number of hydrogen-bond acceptors (Lipinski definition) is 2. The Hall–Kier alpha value is -0.250. The largest absolute Gasteiger partial charge is 0.496 e. The molecule has 0 aromatic heterocycles. The van der Waals surface area contributed by atoms with Gasteiger partial charge < -0.3 is 10.5 Å². The molecule has 0 bridgehead atoms. The predicted octanol–water partition coefficient (Wildman–Crippen LogP) is 2.61. The van der Waals surface area contributed by atoms with Crippen LogP contribution < -0.4 is 10.5 Å². The highest BCUT2D eigenvalue weighted by Gasteiger charge is 2.07. The minimum atomic E-state index is 0.599. The third kappa shape index (κ3) is 2.59. The molecular weight excluding hydrogens is 253 g/mol. The minimum absolute atomic E-state index is 0.599. The molecule has 0 saturated heterocycles. The lowest BCUT2D eigenvalue weighted by Gasteiger charge is -2.08. The molecule has 0 unspecified atom stereocenters. The Morgan fingerprint density at radius 1 is 1.54 bits per heavy atom. The summed E-state index contributed by atoms with van der Waals surface area (Å²) in [6.45, 7) is 0.599. The Bertz CT molecular complexity index is 304. The number of halogens is 2. The van der Waals surface area contributed by atoms with E-state index in [1.165, 1.54) is 0 Å². The molecule has 1 aromatic rings. The molecule has 1 rings (SSSR count). The van der Waals surface area contributed by atoms with Crippen molar-refractivity contribution < 1.29 is 4.74 Å². The average Bonchev–Trinajstić information content (AvgIpc) is 2.11. The van der Waals surface area contributed by atoms with Crippen molar-refractivity contribution in [2.45, 2.75) is 6.42 Å². The van der Waals surface area contributed by atoms with Gasteiger partial charge in [0.05, 0.1) is 11.6 Å². The molecule has 72 valence electrons. The summed E-state index contributed by atoms with van der Waals surface area (Å²) in [5.41, 5.74) is 6.54. The van der Waals surface area contributed by atoms with Crippen LogP contribution in [0.15, 0.2) is 16.6 Å². The number of nitrogens with two attached hydrogens (primary N) is 1. The van der Waals surface area contributed by atoms with Crippen molar-refractivity contribution in [3.05, 3.63) is 27.2 Å². The molecule has 2 N–H and O–H groups in total. The van der Waals surface area contributed by atoms with Gasteiger partial charge in [-0.15, -0.1) is 0 Å². The number of hydrogen-bond donors (Lipinski definition) is 1. The van der Waals surface area contributed by atoms with Crippen LogP contribution in [0.25, 0.3) is 0 Å². The molecule has 0 spiro atoms. The molecule has 1 aromatic carbocycles. The molecule has 0 aliphatic heterocycles. The van der Waals surface area contributed by atoms with E-state index in [0.717, 1.165) is 22.2 Å². The molecule has 0 saturated carbocycles. The van der Waals surface area contributed by atoms with E-state index in [4.69, 9.17) is 22.1 Å². The van der Waals surface area contributed by atoms with Gasteiger partial charge in [-0.05, 0) is 46.6 Å². The van der Waals surface area contributed by atoms with Crippen LogP contribution in [0, 0.1) is 0 Å². The molecule has 0 fully saturated rings. The Balaban J connectivity index is 3.11. The van der Waals surface area contributed by atoms with Gasteiger partial charge in [-0.3, -0.25) is 0 Å². The van der Waals surface area contributed by atoms with Crippen LogP contribution >= 0.6 is 27.5 Å². The first kappa shape index (κ1) is 10.8. The van der Waals surface area contributed by atoms with Gasteiger partial charge in [0.25, 0.3) is 0 Å². The third-order valence-corrected chi connectivity index (χ3v) is 2.83. The van der Waals surface area contributed by atoms with Gasteiger partial charge in [0.1, 0.15) is 5.75 Å². The van der Waals surface area contributed by atoms with Gasteiger partial charge in [-0.2, -0.15) is 0 Å². The summed E-state index contributed by atoms with van der Waals surface area (Å²) in [7, 11) is 1.61. The van der Waals surface area contributed by atoms with Crippen molar-refractivity contribution in [2.75, 3.05) is 13.7 Å². The fraction of sp³-hybridized carbons (Fsp3) is 0.333. The summed E-state index contributed by atoms with van der Waals surface area (Å²) in [5, 5.41) is 0.670. The van der Waals surface area contributed by atoms with E-state index < -0.39 is 0 Å². The van der Waals surface area contributed by atoms with Crippen LogP contribution in [-0.4, -0.2) is 13.7 Å². The highest BCUT2D eigenvalue weighted by molar-refractivity contribution is 9.10. The van der Waals surface area contributed by atoms with Gasteiger partial charge in [0, 0.05) is 5.02 Å². The topological polar surface area (TPSA) is 35.2 Å². The van der Waals surface area contributed by atoms with Crippen molar-refractivity contribution in [1.29, 1.82) is 0 Å². The van der Waals surface area contributed by atoms with Crippen molar-refractivity contribution in [3.63, 3.8) is 0 Å². The molecule has 0 aliphatic carbocycles. The van der Waals surface area contributed by atoms with Crippen molar-refractivity contribution in [2.24, 2.45) is 5.73 Å². The molecule has 0 atom stereocenters. The summed E-state index contributed by atoms with van der Waals surface area (Å²) in [6, 6.07) is 3.66. The van der Waals surface area contributed by atoms with Crippen molar-refractivity contribution in [1.82, 2.24) is 0 Å². The zero-order valence-electron chi connectivity index (χ0n) is 7.31. The maximum Gasteiger partial charge on any atom is 0.134 e. The molecule has 0 amide bonds. The van der Waals surface area contributed by atoms with E-state index in [1.54, 1.807) is 13.2 Å². The molecule has 13 heavy (non-hydrogen) atoms. The summed E-state index contributed by atoms with van der Waals surface area (Å²) >= 11 is 9.33. The van der Waals surface area contributed by atoms with E-state index in [2.05, 4.69) is 15.9 Å². The Morgan fingerprint density at radius 2 is 2.23 bits per heavy atom. The Kier molecular flexibility index (Phi) is 4.03. The maximum absolute atomic E-state index is 5.89. The normalized spacial score (nSPS) is 10.2. The van der Waals surface area contributed by atoms with Crippen LogP contribution in [0.1, 0.15) is 5.56 Å². The lowest BCUT2D eigenvalue weighted by Crippen LogP contribution is -2.03. The molecule has 0 heterocycles. The summed E-state index contributed by atoms with van der Waals surface area (Å²) in [5.74, 6) is 0.746. The van der Waals surface area contributed by atoms with E-state index in [9.17, 15) is 0 Å². The van der Waals surface area contributed by atoms with Gasteiger partial charge in [-0.25, -0.2) is 0 Å². The SMILES string of the molecule is COc1cc(Cl)cc(CCN)c1Br. The smallest absolute Gasteiger partial charge is 0.134 e. The minimum Gasteiger partial charge on any atom is -0.496 e. The Morgan fingerprint density at radius 3 is 2.77 bits per heavy atom. The zero-order chi connectivity index (χ0) is 9.84. The molecule has 2 nitrogen and oxygen atoms in total. The number of rotatable bonds is 3. The first-order valence-electron chi connectivity index (χ1n) is 3.91. The fourth-order valence-electron chi connectivity index (χ4n) is 1.10. The van der Waals surface area contributed by atoms with Crippen LogP contribution in [-0.2, 0) is 6.42 Å². The lowest BCUT2D eigenvalue weighted by molar-refractivity contribution is 0.411. The lowest BCUT2D eigenvalue weighted by atomic mass is 10.1. The summed E-state index contributed by atoms with van der Waals surface area (Å²) in [4.78, 5) is 0. The van der Waals surface area contributed by atoms with Gasteiger partial charge >= 0.3 is 0 Å². The second-order valence-corrected chi connectivity index (χ2v) is 3.85. The molecule has 0 aliphatic rings. The number of ether oxygens (including phenoxy) is 1. The highest BCUT2D eigenvalue weighted by atomic mass is 79.9. The second kappa shape index (κ2) is 4.84. The molecule has 4 heteroatoms. The average molecular weight is 265 g/mol. The van der Waals surface area contributed by atoms with Crippen LogP contribution in [0.2, 0.25) is 5.02 Å². The molecular formula is C9H11BrClNO. The zero-order valence-corrected chi connectivity index (χ0v) is 9.65. The van der Waals surface area contributed by atoms with Gasteiger partial charge in [0.15, 0.2) is 0 Å². The van der Waals surface area contributed by atoms with E-state index in [-0.39, 0.29) is 0 Å². The first-order valence-corrected chi connectivity index (χ1v) is 5.08. The Labute approximate surface area is 91.2 Å². The fourth-order valence-corrected chi connectivity index (χ4v) is 1.92.